The second-order valence-electron chi connectivity index (χ2n) is 8.50. The molecule has 1 aromatic heterocycles. The van der Waals surface area contributed by atoms with Gasteiger partial charge in [-0.1, -0.05) is 36.4 Å². The van der Waals surface area contributed by atoms with Crippen LogP contribution in [0.4, 0.5) is 36.4 Å². The van der Waals surface area contributed by atoms with Crippen molar-refractivity contribution >= 4 is 23.3 Å². The van der Waals surface area contributed by atoms with Crippen molar-refractivity contribution in [2.45, 2.75) is 32.4 Å². The maximum atomic E-state index is 14.5. The zero-order valence-corrected chi connectivity index (χ0v) is 19.7. The van der Waals surface area contributed by atoms with E-state index in [2.05, 4.69) is 25.6 Å². The quantitative estimate of drug-likeness (QED) is 0.234. The maximum absolute atomic E-state index is 14.5. The summed E-state index contributed by atoms with van der Waals surface area (Å²) < 4.78 is 43.5. The fourth-order valence-electron chi connectivity index (χ4n) is 3.77. The van der Waals surface area contributed by atoms with Crippen LogP contribution < -0.4 is 10.6 Å². The van der Waals surface area contributed by atoms with Crippen LogP contribution in [0.25, 0.3) is 0 Å². The van der Waals surface area contributed by atoms with Gasteiger partial charge in [-0.25, -0.2) is 0 Å². The first-order chi connectivity index (χ1) is 17.0. The molecule has 0 spiro atoms. The van der Waals surface area contributed by atoms with Crippen LogP contribution in [0.15, 0.2) is 66.7 Å². The molecule has 0 aliphatic carbocycles. The Morgan fingerprint density at radius 2 is 1.31 bits per heavy atom. The Hall–Kier alpha value is -4.34. The number of aryl methyl sites for hydroxylation is 2. The van der Waals surface area contributed by atoms with Gasteiger partial charge in [0.1, 0.15) is 22.7 Å². The number of anilines is 4. The van der Waals surface area contributed by atoms with Gasteiger partial charge in [-0.2, -0.15) is 28.1 Å². The van der Waals surface area contributed by atoms with E-state index in [9.17, 15) is 23.4 Å². The highest BCUT2D eigenvalue weighted by molar-refractivity contribution is 5.65. The average Bonchev–Trinajstić information content (AvgIpc) is 2.81. The molecule has 3 aromatic carbocycles. The second-order valence-corrected chi connectivity index (χ2v) is 8.50. The number of hydrogen-bond acceptors (Lipinski definition) is 7. The first kappa shape index (κ1) is 24.8. The van der Waals surface area contributed by atoms with E-state index in [-0.39, 0.29) is 40.2 Å². The molecule has 1 atom stereocenters. The summed E-state index contributed by atoms with van der Waals surface area (Å²) in [5.74, 6) is 0.262. The van der Waals surface area contributed by atoms with Crippen LogP contribution in [-0.2, 0) is 5.41 Å². The lowest BCUT2D eigenvalue weighted by molar-refractivity contribution is -0.173. The lowest BCUT2D eigenvalue weighted by Gasteiger charge is -2.34. The molecule has 1 unspecified atom stereocenters. The Kier molecular flexibility index (Phi) is 6.45. The largest absolute Gasteiger partial charge is 0.508 e. The normalized spacial score (nSPS) is 13.2. The molecule has 0 amide bonds. The highest BCUT2D eigenvalue weighted by Crippen LogP contribution is 2.48. The number of aromatic nitrogens is 3. The van der Waals surface area contributed by atoms with Gasteiger partial charge in [0.15, 0.2) is 0 Å². The van der Waals surface area contributed by atoms with Crippen LogP contribution in [0, 0.1) is 13.8 Å². The van der Waals surface area contributed by atoms with Gasteiger partial charge in [-0.15, -0.1) is 0 Å². The van der Waals surface area contributed by atoms with Gasteiger partial charge < -0.3 is 20.8 Å². The molecular weight excluding hydrogens is 471 g/mol. The van der Waals surface area contributed by atoms with Crippen molar-refractivity contribution in [3.63, 3.8) is 0 Å². The van der Waals surface area contributed by atoms with Crippen LogP contribution in [0.1, 0.15) is 29.4 Å². The van der Waals surface area contributed by atoms with Crippen molar-refractivity contribution < 1.29 is 23.4 Å². The van der Waals surface area contributed by atoms with Crippen molar-refractivity contribution in [2.75, 3.05) is 10.6 Å². The van der Waals surface area contributed by atoms with Gasteiger partial charge in [0.05, 0.1) is 5.69 Å². The highest BCUT2D eigenvalue weighted by atomic mass is 19.4. The van der Waals surface area contributed by atoms with Gasteiger partial charge in [-0.3, -0.25) is 0 Å². The first-order valence-electron chi connectivity index (χ1n) is 11.0. The molecule has 4 aromatic rings. The molecule has 4 rings (SSSR count). The van der Waals surface area contributed by atoms with Crippen molar-refractivity contribution in [1.82, 2.24) is 15.0 Å². The number of alkyl halides is 3. The lowest BCUT2D eigenvalue weighted by atomic mass is 9.75. The Morgan fingerprint density at radius 1 is 0.722 bits per heavy atom. The molecule has 10 heteroatoms. The van der Waals surface area contributed by atoms with E-state index in [4.69, 9.17) is 0 Å². The summed E-state index contributed by atoms with van der Waals surface area (Å²) in [5.41, 5.74) is -1.54. The predicted molar refractivity (Wildman–Crippen MR) is 131 cm³/mol. The molecule has 0 radical (unpaired) electrons. The third-order valence-electron chi connectivity index (χ3n) is 5.94. The number of nitrogens with zero attached hydrogens (tertiary/aromatic N) is 3. The molecule has 1 heterocycles. The number of phenols is 2. The number of rotatable bonds is 6. The van der Waals surface area contributed by atoms with Crippen molar-refractivity contribution in [3.05, 3.63) is 89.2 Å². The highest BCUT2D eigenvalue weighted by Gasteiger charge is 2.53. The zero-order valence-electron chi connectivity index (χ0n) is 19.7. The summed E-state index contributed by atoms with van der Waals surface area (Å²) in [5, 5.41) is 26.1. The Bertz CT molecular complexity index is 1400. The van der Waals surface area contributed by atoms with Gasteiger partial charge in [-0.05, 0) is 67.8 Å². The third kappa shape index (κ3) is 4.88. The summed E-state index contributed by atoms with van der Waals surface area (Å²) in [4.78, 5) is 12.7. The summed E-state index contributed by atoms with van der Waals surface area (Å²) in [6.45, 7) is 4.24. The van der Waals surface area contributed by atoms with Gasteiger partial charge in [0.25, 0.3) is 0 Å². The number of halogens is 3. The summed E-state index contributed by atoms with van der Waals surface area (Å²) in [6, 6.07) is 16.6. The number of aromatic hydroxyl groups is 2. The molecule has 0 saturated heterocycles. The average molecular weight is 496 g/mol. The molecule has 4 N–H and O–H groups in total. The molecule has 0 saturated carbocycles. The van der Waals surface area contributed by atoms with E-state index in [0.29, 0.717) is 11.4 Å². The van der Waals surface area contributed by atoms with E-state index in [1.165, 1.54) is 43.3 Å². The Labute approximate surface area is 205 Å². The molecule has 0 aliphatic heterocycles. The minimum Gasteiger partial charge on any atom is -0.508 e. The molecule has 0 bridgehead atoms. The standard InChI is InChI=1S/C26H24F3N5O2/c1-15-13-17(9-11-21(15)35)25(3,26(27,28)29)18-10-12-22(36)20(14-18)33-24-31-16(2)30-23(34-24)32-19-7-5-4-6-8-19/h4-14,35-36H,1-3H3,(H2,30,31,32,33,34). The topological polar surface area (TPSA) is 103 Å². The number of hydrogen-bond donors (Lipinski definition) is 4. The Morgan fingerprint density at radius 3 is 1.92 bits per heavy atom. The smallest absolute Gasteiger partial charge is 0.402 e. The number of nitrogens with one attached hydrogen (secondary N) is 2. The zero-order chi connectivity index (χ0) is 26.1. The van der Waals surface area contributed by atoms with E-state index in [1.807, 2.05) is 30.3 Å². The van der Waals surface area contributed by atoms with Crippen molar-refractivity contribution in [1.29, 1.82) is 0 Å². The second kappa shape index (κ2) is 9.37. The minimum atomic E-state index is -4.68. The number of para-hydroxylation sites is 1. The maximum Gasteiger partial charge on any atom is 0.402 e. The molecular formula is C26H24F3N5O2. The third-order valence-corrected chi connectivity index (χ3v) is 5.94. The van der Waals surface area contributed by atoms with Crippen LogP contribution in [0.5, 0.6) is 11.5 Å². The summed E-state index contributed by atoms with van der Waals surface area (Å²) in [6.07, 6.45) is -4.68. The minimum absolute atomic E-state index is 0.00487. The van der Waals surface area contributed by atoms with E-state index >= 15 is 0 Å². The van der Waals surface area contributed by atoms with Gasteiger partial charge >= 0.3 is 6.18 Å². The van der Waals surface area contributed by atoms with Gasteiger partial charge in [0, 0.05) is 5.69 Å². The fourth-order valence-corrected chi connectivity index (χ4v) is 3.77. The van der Waals surface area contributed by atoms with Crippen LogP contribution in [0.3, 0.4) is 0 Å². The van der Waals surface area contributed by atoms with E-state index < -0.39 is 11.6 Å². The molecule has 7 nitrogen and oxygen atoms in total. The molecule has 36 heavy (non-hydrogen) atoms. The number of phenolic OH excluding ortho intramolecular Hbond substituents is 2. The fraction of sp³-hybridized carbons (Fsp3) is 0.192. The van der Waals surface area contributed by atoms with Crippen LogP contribution >= 0.6 is 0 Å². The number of benzene rings is 3. The lowest BCUT2D eigenvalue weighted by Crippen LogP contribution is -2.40. The first-order valence-corrected chi connectivity index (χ1v) is 11.0. The van der Waals surface area contributed by atoms with E-state index in [0.717, 1.165) is 12.6 Å². The van der Waals surface area contributed by atoms with Crippen molar-refractivity contribution in [2.24, 2.45) is 0 Å². The predicted octanol–water partition coefficient (Wildman–Crippen LogP) is 6.26. The molecule has 0 aliphatic rings. The van der Waals surface area contributed by atoms with Gasteiger partial charge in [0.2, 0.25) is 11.9 Å². The van der Waals surface area contributed by atoms with Crippen LogP contribution in [0.2, 0.25) is 0 Å². The van der Waals surface area contributed by atoms with E-state index in [1.54, 1.807) is 6.92 Å². The Balaban J connectivity index is 1.73. The molecule has 186 valence electrons. The summed E-state index contributed by atoms with van der Waals surface area (Å²) in [7, 11) is 0. The van der Waals surface area contributed by atoms with Crippen molar-refractivity contribution in [3.8, 4) is 11.5 Å². The van der Waals surface area contributed by atoms with Crippen LogP contribution in [-0.4, -0.2) is 31.3 Å². The summed E-state index contributed by atoms with van der Waals surface area (Å²) >= 11 is 0. The monoisotopic (exact) mass is 495 g/mol. The molecule has 0 fully saturated rings. The SMILES string of the molecule is Cc1nc(Nc2ccccc2)nc(Nc2cc(C(C)(c3ccc(O)c(C)c3)C(F)(F)F)ccc2O)n1.